The van der Waals surface area contributed by atoms with Crippen LogP contribution in [-0.2, 0) is 10.0 Å². The monoisotopic (exact) mass is 408 g/mol. The van der Waals surface area contributed by atoms with Gasteiger partial charge in [-0.15, -0.1) is 22.7 Å². The first kappa shape index (κ1) is 17.1. The molecule has 1 atom stereocenters. The highest BCUT2D eigenvalue weighted by molar-refractivity contribution is 9.11. The maximum atomic E-state index is 12.4. The number of thiophene rings is 2. The second-order valence-electron chi connectivity index (χ2n) is 4.87. The van der Waals surface area contributed by atoms with Crippen LogP contribution < -0.4 is 4.72 Å². The number of halogens is 1. The molecule has 0 spiro atoms. The van der Waals surface area contributed by atoms with E-state index in [0.29, 0.717) is 10.8 Å². The molecule has 2 rings (SSSR count). The van der Waals surface area contributed by atoms with Crippen LogP contribution in [0, 0.1) is 6.92 Å². The Kier molecular flexibility index (Phi) is 5.61. The number of nitrogens with one attached hydrogen (secondary N) is 1. The smallest absolute Gasteiger partial charge is 0.250 e. The SMILES string of the molecule is Cc1cc(S(=O)(=O)NCC(c2cccs2)N(C)C)sc1Br. The average molecular weight is 409 g/mol. The maximum Gasteiger partial charge on any atom is 0.250 e. The van der Waals surface area contributed by atoms with E-state index in [4.69, 9.17) is 0 Å². The second-order valence-corrected chi connectivity index (χ2v) is 10.2. The van der Waals surface area contributed by atoms with Gasteiger partial charge in [0.25, 0.3) is 0 Å². The minimum atomic E-state index is -3.47. The van der Waals surface area contributed by atoms with Crippen LogP contribution in [0.3, 0.4) is 0 Å². The summed E-state index contributed by atoms with van der Waals surface area (Å²) in [5.41, 5.74) is 0.933. The van der Waals surface area contributed by atoms with Crippen molar-refractivity contribution in [2.45, 2.75) is 17.2 Å². The topological polar surface area (TPSA) is 49.4 Å². The van der Waals surface area contributed by atoms with E-state index < -0.39 is 10.0 Å². The van der Waals surface area contributed by atoms with Gasteiger partial charge in [0, 0.05) is 11.4 Å². The van der Waals surface area contributed by atoms with Gasteiger partial charge in [-0.25, -0.2) is 13.1 Å². The molecule has 2 aromatic heterocycles. The van der Waals surface area contributed by atoms with Gasteiger partial charge in [-0.2, -0.15) is 0 Å². The molecule has 0 amide bonds. The van der Waals surface area contributed by atoms with Crippen LogP contribution in [0.15, 0.2) is 31.6 Å². The third kappa shape index (κ3) is 4.14. The molecule has 0 saturated carbocycles. The van der Waals surface area contributed by atoms with Crippen molar-refractivity contribution in [1.29, 1.82) is 0 Å². The predicted octanol–water partition coefficient (Wildman–Crippen LogP) is 3.46. The molecule has 8 heteroatoms. The fraction of sp³-hybridized carbons (Fsp3) is 0.385. The fourth-order valence-electron chi connectivity index (χ4n) is 1.84. The number of sulfonamides is 1. The van der Waals surface area contributed by atoms with Gasteiger partial charge in [0.05, 0.1) is 9.83 Å². The van der Waals surface area contributed by atoms with Gasteiger partial charge in [-0.1, -0.05) is 6.07 Å². The summed E-state index contributed by atoms with van der Waals surface area (Å²) in [6.45, 7) is 2.23. The highest BCUT2D eigenvalue weighted by atomic mass is 79.9. The molecular formula is C13H17BrN2O2S3. The third-order valence-corrected chi connectivity index (χ3v) is 8.07. The molecule has 0 bridgehead atoms. The van der Waals surface area contributed by atoms with Crippen molar-refractivity contribution in [1.82, 2.24) is 9.62 Å². The lowest BCUT2D eigenvalue weighted by molar-refractivity contribution is 0.303. The van der Waals surface area contributed by atoms with Crippen LogP contribution in [0.25, 0.3) is 0 Å². The van der Waals surface area contributed by atoms with Gasteiger partial charge in [-0.3, -0.25) is 0 Å². The molecular weight excluding hydrogens is 392 g/mol. The molecule has 0 saturated heterocycles. The number of hydrogen-bond acceptors (Lipinski definition) is 5. The Morgan fingerprint density at radius 1 is 1.43 bits per heavy atom. The van der Waals surface area contributed by atoms with Crippen molar-refractivity contribution >= 4 is 48.6 Å². The minimum absolute atomic E-state index is 0.0317. The summed E-state index contributed by atoms with van der Waals surface area (Å²) in [5.74, 6) is 0. The third-order valence-electron chi connectivity index (χ3n) is 3.06. The van der Waals surface area contributed by atoms with Gasteiger partial charge in [0.2, 0.25) is 10.0 Å². The van der Waals surface area contributed by atoms with E-state index in [2.05, 4.69) is 20.7 Å². The molecule has 1 unspecified atom stereocenters. The molecule has 4 nitrogen and oxygen atoms in total. The Hall–Kier alpha value is -0.250. The molecule has 0 aliphatic carbocycles. The summed E-state index contributed by atoms with van der Waals surface area (Å²) in [6, 6.07) is 5.72. The lowest BCUT2D eigenvalue weighted by Gasteiger charge is -2.23. The molecule has 0 fully saturated rings. The first-order valence-electron chi connectivity index (χ1n) is 6.26. The second kappa shape index (κ2) is 6.89. The predicted molar refractivity (Wildman–Crippen MR) is 92.7 cm³/mol. The van der Waals surface area contributed by atoms with E-state index in [1.54, 1.807) is 17.4 Å². The summed E-state index contributed by atoms with van der Waals surface area (Å²) >= 11 is 6.23. The molecule has 0 radical (unpaired) electrons. The normalized spacial score (nSPS) is 13.8. The van der Waals surface area contributed by atoms with Crippen LogP contribution in [0.2, 0.25) is 0 Å². The highest BCUT2D eigenvalue weighted by Crippen LogP contribution is 2.30. The van der Waals surface area contributed by atoms with E-state index in [1.807, 2.05) is 43.4 Å². The number of likely N-dealkylation sites (N-methyl/N-ethyl adjacent to an activating group) is 1. The van der Waals surface area contributed by atoms with Crippen molar-refractivity contribution in [2.75, 3.05) is 20.6 Å². The van der Waals surface area contributed by atoms with Gasteiger partial charge in [0.15, 0.2) is 0 Å². The van der Waals surface area contributed by atoms with Crippen LogP contribution in [0.1, 0.15) is 16.5 Å². The van der Waals surface area contributed by atoms with Crippen LogP contribution in [-0.4, -0.2) is 34.0 Å². The van der Waals surface area contributed by atoms with Crippen molar-refractivity contribution < 1.29 is 8.42 Å². The summed E-state index contributed by atoms with van der Waals surface area (Å²) in [7, 11) is 0.433. The van der Waals surface area contributed by atoms with Crippen LogP contribution in [0.4, 0.5) is 0 Å². The summed E-state index contributed by atoms with van der Waals surface area (Å²) < 4.78 is 28.6. The zero-order chi connectivity index (χ0) is 15.6. The van der Waals surface area contributed by atoms with Crippen molar-refractivity contribution in [3.05, 3.63) is 37.8 Å². The first-order valence-corrected chi connectivity index (χ1v) is 10.2. The number of nitrogens with zero attached hydrogens (tertiary/aromatic N) is 1. The number of hydrogen-bond donors (Lipinski definition) is 1. The molecule has 116 valence electrons. The molecule has 2 aromatic rings. The lowest BCUT2D eigenvalue weighted by atomic mass is 10.2. The number of aryl methyl sites for hydroxylation is 1. The zero-order valence-corrected chi connectivity index (χ0v) is 16.0. The largest absolute Gasteiger partial charge is 0.300 e. The Labute approximate surface area is 142 Å². The Balaban J connectivity index is 2.13. The quantitative estimate of drug-likeness (QED) is 0.795. The fourth-order valence-corrected chi connectivity index (χ4v) is 6.07. The summed E-state index contributed by atoms with van der Waals surface area (Å²) in [6.07, 6.45) is 0. The maximum absolute atomic E-state index is 12.4. The Morgan fingerprint density at radius 3 is 2.62 bits per heavy atom. The van der Waals surface area contributed by atoms with E-state index in [1.165, 1.54) is 11.3 Å². The number of rotatable bonds is 6. The highest BCUT2D eigenvalue weighted by Gasteiger charge is 2.22. The molecule has 0 aliphatic rings. The van der Waals surface area contributed by atoms with Crippen molar-refractivity contribution in [2.24, 2.45) is 0 Å². The van der Waals surface area contributed by atoms with Gasteiger partial charge in [-0.05, 0) is 60.0 Å². The van der Waals surface area contributed by atoms with Gasteiger partial charge >= 0.3 is 0 Å². The molecule has 21 heavy (non-hydrogen) atoms. The summed E-state index contributed by atoms with van der Waals surface area (Å²) in [4.78, 5) is 3.16. The Bertz CT molecular complexity index is 674. The molecule has 2 heterocycles. The van der Waals surface area contributed by atoms with E-state index >= 15 is 0 Å². The molecule has 0 aliphatic heterocycles. The van der Waals surface area contributed by atoms with Crippen molar-refractivity contribution in [3.8, 4) is 0 Å². The van der Waals surface area contributed by atoms with Gasteiger partial charge in [0.1, 0.15) is 4.21 Å². The van der Waals surface area contributed by atoms with Crippen LogP contribution in [0.5, 0.6) is 0 Å². The van der Waals surface area contributed by atoms with E-state index in [-0.39, 0.29) is 6.04 Å². The zero-order valence-electron chi connectivity index (χ0n) is 12.0. The molecule has 0 aromatic carbocycles. The van der Waals surface area contributed by atoms with Crippen molar-refractivity contribution in [3.63, 3.8) is 0 Å². The molecule has 1 N–H and O–H groups in total. The summed E-state index contributed by atoms with van der Waals surface area (Å²) in [5, 5.41) is 2.00. The van der Waals surface area contributed by atoms with Gasteiger partial charge < -0.3 is 4.90 Å². The Morgan fingerprint density at radius 2 is 2.14 bits per heavy atom. The first-order chi connectivity index (χ1) is 9.81. The lowest BCUT2D eigenvalue weighted by Crippen LogP contribution is -2.33. The average Bonchev–Trinajstić information content (AvgIpc) is 3.01. The minimum Gasteiger partial charge on any atom is -0.300 e. The standard InChI is InChI=1S/C13H17BrN2O2S3/c1-9-7-12(20-13(9)14)21(17,18)15-8-10(16(2)3)11-5-4-6-19-11/h4-7,10,15H,8H2,1-3H3. The van der Waals surface area contributed by atoms with Crippen LogP contribution >= 0.6 is 38.6 Å². The van der Waals surface area contributed by atoms with E-state index in [0.717, 1.165) is 14.2 Å². The van der Waals surface area contributed by atoms with E-state index in [9.17, 15) is 8.42 Å².